The Morgan fingerprint density at radius 2 is 1.93 bits per heavy atom. The lowest BCUT2D eigenvalue weighted by molar-refractivity contribution is -0.252. The summed E-state index contributed by atoms with van der Waals surface area (Å²) in [7, 11) is 0. The van der Waals surface area contributed by atoms with Crippen LogP contribution in [-0.4, -0.2) is 16.9 Å². The molecule has 0 amide bonds. The molecule has 0 aromatic rings. The van der Waals surface area contributed by atoms with E-state index >= 15 is 0 Å². The standard InChI is InChI=1S/C11H16O4/c1-7-3-5-11(6-4-7)14-9(12)8(2)10(13)15-11/h7,12H,3-6H2,1-2H3. The van der Waals surface area contributed by atoms with Crippen LogP contribution in [0.1, 0.15) is 39.5 Å². The maximum Gasteiger partial charge on any atom is 0.344 e. The average Bonchev–Trinajstić information content (AvgIpc) is 2.20. The Bertz CT molecular complexity index is 311. The number of esters is 1. The van der Waals surface area contributed by atoms with Gasteiger partial charge in [-0.3, -0.25) is 0 Å². The summed E-state index contributed by atoms with van der Waals surface area (Å²) in [5.41, 5.74) is 0.152. The summed E-state index contributed by atoms with van der Waals surface area (Å²) in [4.78, 5) is 11.4. The summed E-state index contributed by atoms with van der Waals surface area (Å²) in [6, 6.07) is 0. The van der Waals surface area contributed by atoms with Crippen molar-refractivity contribution in [1.29, 1.82) is 0 Å². The molecule has 1 saturated carbocycles. The highest BCUT2D eigenvalue weighted by Gasteiger charge is 2.44. The average molecular weight is 212 g/mol. The molecule has 0 aromatic carbocycles. The molecule has 1 aliphatic heterocycles. The van der Waals surface area contributed by atoms with E-state index in [0.29, 0.717) is 18.8 Å². The van der Waals surface area contributed by atoms with Crippen LogP contribution in [0.25, 0.3) is 0 Å². The highest BCUT2D eigenvalue weighted by atomic mass is 16.8. The largest absolute Gasteiger partial charge is 0.481 e. The van der Waals surface area contributed by atoms with Gasteiger partial charge in [-0.05, 0) is 25.7 Å². The van der Waals surface area contributed by atoms with Crippen LogP contribution in [0.3, 0.4) is 0 Å². The first kappa shape index (κ1) is 10.3. The molecule has 2 rings (SSSR count). The van der Waals surface area contributed by atoms with Gasteiger partial charge < -0.3 is 14.6 Å². The lowest BCUT2D eigenvalue weighted by atomic mass is 9.86. The summed E-state index contributed by atoms with van der Waals surface area (Å²) < 4.78 is 10.6. The summed E-state index contributed by atoms with van der Waals surface area (Å²) in [5.74, 6) is -1.01. The number of ether oxygens (including phenoxy) is 2. The van der Waals surface area contributed by atoms with E-state index in [-0.39, 0.29) is 11.5 Å². The van der Waals surface area contributed by atoms with Gasteiger partial charge in [-0.2, -0.15) is 0 Å². The highest BCUT2D eigenvalue weighted by Crippen LogP contribution is 2.39. The minimum Gasteiger partial charge on any atom is -0.481 e. The second-order valence-corrected chi connectivity index (χ2v) is 4.51. The summed E-state index contributed by atoms with van der Waals surface area (Å²) in [6.07, 6.45) is 3.24. The molecule has 1 spiro atoms. The molecule has 1 N–H and O–H groups in total. The van der Waals surface area contributed by atoms with Crippen molar-refractivity contribution < 1.29 is 19.4 Å². The van der Waals surface area contributed by atoms with Crippen molar-refractivity contribution in [1.82, 2.24) is 0 Å². The number of rotatable bonds is 0. The number of aliphatic hydroxyl groups is 1. The van der Waals surface area contributed by atoms with Crippen molar-refractivity contribution in [3.8, 4) is 0 Å². The van der Waals surface area contributed by atoms with Crippen LogP contribution in [0.15, 0.2) is 11.5 Å². The van der Waals surface area contributed by atoms with E-state index in [1.54, 1.807) is 0 Å². The van der Waals surface area contributed by atoms with E-state index < -0.39 is 11.8 Å². The molecule has 15 heavy (non-hydrogen) atoms. The molecule has 84 valence electrons. The third kappa shape index (κ3) is 1.80. The SMILES string of the molecule is CC1=C(O)OC2(CCC(C)CC2)OC1=O. The zero-order valence-electron chi connectivity index (χ0n) is 9.08. The van der Waals surface area contributed by atoms with E-state index in [2.05, 4.69) is 6.92 Å². The molecule has 0 saturated heterocycles. The summed E-state index contributed by atoms with van der Waals surface area (Å²) in [6.45, 7) is 3.66. The van der Waals surface area contributed by atoms with Crippen LogP contribution in [0.4, 0.5) is 0 Å². The molecule has 1 fully saturated rings. The quantitative estimate of drug-likeness (QED) is 0.626. The van der Waals surface area contributed by atoms with Gasteiger partial charge in [0.1, 0.15) is 5.57 Å². The van der Waals surface area contributed by atoms with Gasteiger partial charge >= 0.3 is 5.97 Å². The maximum atomic E-state index is 11.4. The van der Waals surface area contributed by atoms with E-state index in [1.807, 2.05) is 0 Å². The van der Waals surface area contributed by atoms with Gasteiger partial charge in [0.2, 0.25) is 0 Å². The van der Waals surface area contributed by atoms with Gasteiger partial charge in [-0.25, -0.2) is 4.79 Å². The van der Waals surface area contributed by atoms with Gasteiger partial charge in [0.05, 0.1) is 0 Å². The van der Waals surface area contributed by atoms with E-state index in [0.717, 1.165) is 12.8 Å². The Hall–Kier alpha value is -1.19. The zero-order valence-corrected chi connectivity index (χ0v) is 9.08. The molecule has 4 heteroatoms. The van der Waals surface area contributed by atoms with Crippen molar-refractivity contribution in [2.75, 3.05) is 0 Å². The molecule has 4 nitrogen and oxygen atoms in total. The van der Waals surface area contributed by atoms with Crippen LogP contribution < -0.4 is 0 Å². The van der Waals surface area contributed by atoms with Crippen molar-refractivity contribution >= 4 is 5.97 Å². The normalized spacial score (nSPS) is 36.4. The van der Waals surface area contributed by atoms with Crippen LogP contribution in [0.5, 0.6) is 0 Å². The fraction of sp³-hybridized carbons (Fsp3) is 0.727. The number of carbonyl (C=O) groups is 1. The number of carbonyl (C=O) groups excluding carboxylic acids is 1. The second kappa shape index (κ2) is 3.43. The summed E-state index contributed by atoms with van der Waals surface area (Å²) >= 11 is 0. The molecule has 1 aliphatic carbocycles. The van der Waals surface area contributed by atoms with Gasteiger partial charge in [0.15, 0.2) is 0 Å². The molecule has 0 bridgehead atoms. The minimum atomic E-state index is -0.896. The first-order chi connectivity index (χ1) is 7.02. The second-order valence-electron chi connectivity index (χ2n) is 4.51. The Balaban J connectivity index is 2.16. The molecule has 0 radical (unpaired) electrons. The Kier molecular flexibility index (Phi) is 2.37. The Labute approximate surface area is 88.9 Å². The lowest BCUT2D eigenvalue weighted by Gasteiger charge is -2.40. The van der Waals surface area contributed by atoms with Gasteiger partial charge in [0, 0.05) is 12.8 Å². The molecular weight excluding hydrogens is 196 g/mol. The predicted octanol–water partition coefficient (Wildman–Crippen LogP) is 2.26. The number of hydrogen-bond acceptors (Lipinski definition) is 4. The smallest absolute Gasteiger partial charge is 0.344 e. The topological polar surface area (TPSA) is 55.8 Å². The molecular formula is C11H16O4. The first-order valence-corrected chi connectivity index (χ1v) is 5.35. The fourth-order valence-corrected chi connectivity index (χ4v) is 2.01. The predicted molar refractivity (Wildman–Crippen MR) is 52.9 cm³/mol. The molecule has 0 aromatic heterocycles. The lowest BCUT2D eigenvalue weighted by Crippen LogP contribution is -2.44. The maximum absolute atomic E-state index is 11.4. The van der Waals surface area contributed by atoms with Gasteiger partial charge in [0.25, 0.3) is 11.7 Å². The first-order valence-electron chi connectivity index (χ1n) is 5.35. The molecule has 0 unspecified atom stereocenters. The molecule has 2 aliphatic rings. The third-order valence-electron chi connectivity index (χ3n) is 3.22. The summed E-state index contributed by atoms with van der Waals surface area (Å²) in [5, 5.41) is 9.49. The van der Waals surface area contributed by atoms with Crippen LogP contribution in [-0.2, 0) is 14.3 Å². The van der Waals surface area contributed by atoms with Crippen molar-refractivity contribution in [3.05, 3.63) is 11.5 Å². The Morgan fingerprint density at radius 3 is 2.47 bits per heavy atom. The third-order valence-corrected chi connectivity index (χ3v) is 3.22. The van der Waals surface area contributed by atoms with Crippen LogP contribution in [0, 0.1) is 5.92 Å². The molecule has 1 heterocycles. The Morgan fingerprint density at radius 1 is 1.33 bits per heavy atom. The highest BCUT2D eigenvalue weighted by molar-refractivity contribution is 5.88. The zero-order chi connectivity index (χ0) is 11.1. The van der Waals surface area contributed by atoms with Crippen LogP contribution >= 0.6 is 0 Å². The fourth-order valence-electron chi connectivity index (χ4n) is 2.01. The van der Waals surface area contributed by atoms with Crippen molar-refractivity contribution in [3.63, 3.8) is 0 Å². The van der Waals surface area contributed by atoms with Gasteiger partial charge in [-0.15, -0.1) is 0 Å². The number of hydrogen-bond donors (Lipinski definition) is 1. The van der Waals surface area contributed by atoms with Gasteiger partial charge in [-0.1, -0.05) is 6.92 Å². The van der Waals surface area contributed by atoms with Crippen molar-refractivity contribution in [2.24, 2.45) is 5.92 Å². The van der Waals surface area contributed by atoms with E-state index in [9.17, 15) is 9.90 Å². The monoisotopic (exact) mass is 212 g/mol. The van der Waals surface area contributed by atoms with Crippen LogP contribution in [0.2, 0.25) is 0 Å². The van der Waals surface area contributed by atoms with E-state index in [4.69, 9.17) is 9.47 Å². The molecule has 0 atom stereocenters. The minimum absolute atomic E-state index is 0.152. The van der Waals surface area contributed by atoms with E-state index in [1.165, 1.54) is 6.92 Å². The van der Waals surface area contributed by atoms with Crippen molar-refractivity contribution in [2.45, 2.75) is 45.3 Å². The number of aliphatic hydroxyl groups excluding tert-OH is 1.